The number of nitrogen functional groups attached to an aromatic ring is 1. The van der Waals surface area contributed by atoms with E-state index in [1.807, 2.05) is 6.92 Å². The molecule has 1 aromatic heterocycles. The number of hydrazine groups is 1. The third-order valence-corrected chi connectivity index (χ3v) is 2.66. The maximum atomic E-state index is 5.27. The average Bonchev–Trinajstić information content (AvgIpc) is 2.29. The number of hydrogen-bond donors (Lipinski definition) is 2. The van der Waals surface area contributed by atoms with Crippen LogP contribution in [0.4, 0.5) is 5.95 Å². The largest absolute Gasteiger partial charge is 0.464 e. The van der Waals surface area contributed by atoms with E-state index in [0.717, 1.165) is 18.6 Å². The number of nitrogens with zero attached hydrogens (tertiary/aromatic N) is 3. The van der Waals surface area contributed by atoms with Gasteiger partial charge in [-0.2, -0.15) is 15.0 Å². The van der Waals surface area contributed by atoms with Gasteiger partial charge in [-0.1, -0.05) is 25.1 Å². The fourth-order valence-corrected chi connectivity index (χ4v) is 1.88. The van der Waals surface area contributed by atoms with Crippen LogP contribution in [0.1, 0.15) is 26.7 Å². The van der Waals surface area contributed by atoms with Crippen LogP contribution < -0.4 is 16.0 Å². The summed E-state index contributed by atoms with van der Waals surface area (Å²) < 4.78 is 5.22. The first-order valence-corrected chi connectivity index (χ1v) is 6.27. The van der Waals surface area contributed by atoms with Crippen LogP contribution in [0, 0.1) is 0 Å². The molecule has 0 atom stereocenters. The number of unbranched alkanes of at least 4 members (excludes halogenated alkanes) is 1. The van der Waals surface area contributed by atoms with E-state index in [9.17, 15) is 0 Å². The molecule has 16 heavy (non-hydrogen) atoms. The Labute approximate surface area is 99.4 Å². The summed E-state index contributed by atoms with van der Waals surface area (Å²) in [4.78, 5) is 12.3. The number of thioether (sulfide) groups is 1. The van der Waals surface area contributed by atoms with E-state index < -0.39 is 0 Å². The van der Waals surface area contributed by atoms with Crippen molar-refractivity contribution in [3.63, 3.8) is 0 Å². The number of nitrogens with one attached hydrogen (secondary N) is 1. The third kappa shape index (κ3) is 4.19. The number of nitrogens with two attached hydrogens (primary N) is 1. The number of anilines is 1. The van der Waals surface area contributed by atoms with Gasteiger partial charge in [0.25, 0.3) is 0 Å². The Morgan fingerprint density at radius 3 is 2.75 bits per heavy atom. The summed E-state index contributed by atoms with van der Waals surface area (Å²) >= 11 is 1.58. The molecular formula is C9H17N5OS. The maximum Gasteiger partial charge on any atom is 0.322 e. The van der Waals surface area contributed by atoms with Crippen molar-refractivity contribution in [1.29, 1.82) is 0 Å². The predicted octanol–water partition coefficient (Wildman–Crippen LogP) is 1.45. The first-order chi connectivity index (χ1) is 7.80. The van der Waals surface area contributed by atoms with Gasteiger partial charge >= 0.3 is 6.01 Å². The van der Waals surface area contributed by atoms with Gasteiger partial charge in [0.15, 0.2) is 5.16 Å². The highest BCUT2D eigenvalue weighted by atomic mass is 32.2. The standard InChI is InChI=1S/C9H17N5OS/c1-3-5-6-16-9-12-7(14-10)11-8(13-9)15-4-2/h3-6,10H2,1-2H3,(H,11,12,13,14). The first-order valence-electron chi connectivity index (χ1n) is 5.28. The van der Waals surface area contributed by atoms with Gasteiger partial charge in [-0.05, 0) is 13.3 Å². The van der Waals surface area contributed by atoms with Gasteiger partial charge in [0.05, 0.1) is 6.61 Å². The molecule has 7 heteroatoms. The van der Waals surface area contributed by atoms with Crippen molar-refractivity contribution in [3.8, 4) is 6.01 Å². The molecule has 0 fully saturated rings. The van der Waals surface area contributed by atoms with Crippen molar-refractivity contribution in [3.05, 3.63) is 0 Å². The molecule has 0 unspecified atom stereocenters. The van der Waals surface area contributed by atoms with Crippen molar-refractivity contribution in [1.82, 2.24) is 15.0 Å². The highest BCUT2D eigenvalue weighted by Gasteiger charge is 2.06. The lowest BCUT2D eigenvalue weighted by molar-refractivity contribution is 0.308. The van der Waals surface area contributed by atoms with Gasteiger partial charge in [0.1, 0.15) is 0 Å². The van der Waals surface area contributed by atoms with Gasteiger partial charge in [-0.25, -0.2) is 5.84 Å². The zero-order valence-corrected chi connectivity index (χ0v) is 10.4. The summed E-state index contributed by atoms with van der Waals surface area (Å²) in [6, 6.07) is 0.310. The van der Waals surface area contributed by atoms with Crippen molar-refractivity contribution < 1.29 is 4.74 Å². The SMILES string of the molecule is CCCCSc1nc(NN)nc(OCC)n1. The minimum absolute atomic E-state index is 0.310. The summed E-state index contributed by atoms with van der Waals surface area (Å²) in [5.41, 5.74) is 2.40. The summed E-state index contributed by atoms with van der Waals surface area (Å²) in [7, 11) is 0. The van der Waals surface area contributed by atoms with Crippen LogP contribution in [0.5, 0.6) is 6.01 Å². The van der Waals surface area contributed by atoms with Crippen molar-refractivity contribution in [2.45, 2.75) is 31.8 Å². The van der Waals surface area contributed by atoms with Crippen LogP contribution in [0.3, 0.4) is 0 Å². The molecule has 0 spiro atoms. The molecule has 0 aliphatic rings. The molecule has 90 valence electrons. The lowest BCUT2D eigenvalue weighted by Gasteiger charge is -2.05. The minimum atomic E-state index is 0.310. The molecule has 0 saturated carbocycles. The Morgan fingerprint density at radius 2 is 2.12 bits per heavy atom. The van der Waals surface area contributed by atoms with Gasteiger partial charge < -0.3 is 4.74 Å². The van der Waals surface area contributed by atoms with E-state index in [-0.39, 0.29) is 0 Å². The third-order valence-electron chi connectivity index (χ3n) is 1.73. The zero-order valence-electron chi connectivity index (χ0n) is 9.56. The molecule has 1 heterocycles. The average molecular weight is 243 g/mol. The molecule has 6 nitrogen and oxygen atoms in total. The second-order valence-electron chi connectivity index (χ2n) is 3.00. The van der Waals surface area contributed by atoms with Crippen LogP contribution in [0.15, 0.2) is 5.16 Å². The van der Waals surface area contributed by atoms with E-state index >= 15 is 0 Å². The monoisotopic (exact) mass is 243 g/mol. The van der Waals surface area contributed by atoms with Crippen LogP contribution in [-0.4, -0.2) is 27.3 Å². The highest BCUT2D eigenvalue weighted by molar-refractivity contribution is 7.99. The minimum Gasteiger partial charge on any atom is -0.464 e. The van der Waals surface area contributed by atoms with Gasteiger partial charge in [-0.3, -0.25) is 5.43 Å². The summed E-state index contributed by atoms with van der Waals surface area (Å²) in [6.07, 6.45) is 2.28. The lowest BCUT2D eigenvalue weighted by Crippen LogP contribution is -2.12. The Hall–Kier alpha value is -1.08. The van der Waals surface area contributed by atoms with E-state index in [1.54, 1.807) is 11.8 Å². The zero-order chi connectivity index (χ0) is 11.8. The molecule has 0 saturated heterocycles. The van der Waals surface area contributed by atoms with Gasteiger partial charge in [0, 0.05) is 5.75 Å². The molecule has 0 amide bonds. The Balaban J connectivity index is 2.69. The summed E-state index contributed by atoms with van der Waals surface area (Å²) in [5, 5.41) is 0.639. The first kappa shape index (κ1) is 13.0. The highest BCUT2D eigenvalue weighted by Crippen LogP contribution is 2.18. The van der Waals surface area contributed by atoms with E-state index in [2.05, 4.69) is 27.3 Å². The van der Waals surface area contributed by atoms with E-state index in [0.29, 0.717) is 23.7 Å². The molecule has 0 aliphatic heterocycles. The Kier molecular flexibility index (Phi) is 5.87. The topological polar surface area (TPSA) is 86.0 Å². The molecule has 0 aliphatic carbocycles. The fraction of sp³-hybridized carbons (Fsp3) is 0.667. The number of rotatable bonds is 7. The Bertz CT molecular complexity index is 323. The van der Waals surface area contributed by atoms with Crippen molar-refractivity contribution >= 4 is 17.7 Å². The number of hydrogen-bond acceptors (Lipinski definition) is 7. The summed E-state index contributed by atoms with van der Waals surface area (Å²) in [5.74, 6) is 6.58. The normalized spacial score (nSPS) is 10.2. The summed E-state index contributed by atoms with van der Waals surface area (Å²) in [6.45, 7) is 4.54. The second-order valence-corrected chi connectivity index (χ2v) is 4.07. The van der Waals surface area contributed by atoms with Crippen LogP contribution in [-0.2, 0) is 0 Å². The fourth-order valence-electron chi connectivity index (χ4n) is 0.969. The molecule has 1 rings (SSSR count). The molecule has 0 aromatic carbocycles. The molecule has 1 aromatic rings. The van der Waals surface area contributed by atoms with Crippen molar-refractivity contribution in [2.24, 2.45) is 5.84 Å². The van der Waals surface area contributed by atoms with Crippen LogP contribution in [0.2, 0.25) is 0 Å². The predicted molar refractivity (Wildman–Crippen MR) is 64.4 cm³/mol. The van der Waals surface area contributed by atoms with Crippen molar-refractivity contribution in [2.75, 3.05) is 17.8 Å². The maximum absolute atomic E-state index is 5.27. The van der Waals surface area contributed by atoms with Gasteiger partial charge in [0.2, 0.25) is 5.95 Å². The molecule has 0 radical (unpaired) electrons. The molecular weight excluding hydrogens is 226 g/mol. The smallest absolute Gasteiger partial charge is 0.322 e. The number of aromatic nitrogens is 3. The lowest BCUT2D eigenvalue weighted by atomic mass is 10.4. The second kappa shape index (κ2) is 7.24. The van der Waals surface area contributed by atoms with Crippen LogP contribution in [0.25, 0.3) is 0 Å². The molecule has 3 N–H and O–H groups in total. The number of ether oxygens (including phenoxy) is 1. The van der Waals surface area contributed by atoms with Gasteiger partial charge in [-0.15, -0.1) is 0 Å². The van der Waals surface area contributed by atoms with Crippen LogP contribution >= 0.6 is 11.8 Å². The quantitative estimate of drug-likeness (QED) is 0.324. The van der Waals surface area contributed by atoms with E-state index in [1.165, 1.54) is 0 Å². The Morgan fingerprint density at radius 1 is 1.31 bits per heavy atom. The molecule has 0 bridgehead atoms. The van der Waals surface area contributed by atoms with E-state index in [4.69, 9.17) is 10.6 Å².